The standard InChI is InChI=1S/2C45H46ClN5O3S.C19H16ClNO4/c2*1-5-50(6-2)32-19-21-38-41(25-32)55-42-28-39(34-13-9-10-14-35(34)44(42)49-38)47-23-11-7-8-12-24-48-43(52)27-36-29(3)51(40-22-20-33(54-4)26-37(36)40)45(53)30-15-17-31(46)18-16-30;1-11-15(10-18(22)23)16-9-14(25-2)7-8-17(16)21(11)19(24)12-3-5-13(20)6-4-12/h2*9-10,13-22,25-26,28H,5-8,11-12,23-24,27H2,1-4H3,(H,48,52);3-9H,10H2,1-2H3,(H,22,23)/p+2. The van der Waals surface area contributed by atoms with Crippen LogP contribution in [-0.2, 0) is 33.6 Å². The molecule has 0 atom stereocenters. The Hall–Kier alpha value is -13.3. The number of carbonyl (C=O) groups is 6. The summed E-state index contributed by atoms with van der Waals surface area (Å²) in [5.41, 5.74) is 14.4. The molecular weight excluding hydrogens is 1790 g/mol. The Kier molecular flexibility index (Phi) is 31.6. The number of aliphatic carboxylic acids is 1. The van der Waals surface area contributed by atoms with Crippen molar-refractivity contribution in [3.8, 4) is 38.4 Å². The fourth-order valence-corrected chi connectivity index (χ4v) is 20.3. The zero-order chi connectivity index (χ0) is 95.1. The maximum Gasteiger partial charge on any atom is 0.307 e. The third kappa shape index (κ3) is 21.7. The van der Waals surface area contributed by atoms with Crippen LogP contribution in [0, 0.1) is 20.8 Å². The predicted molar refractivity (Wildman–Crippen MR) is 552 cm³/mol. The number of hydrogen-bond donors (Lipinski definition) is 5. The van der Waals surface area contributed by atoms with Gasteiger partial charge in [-0.1, -0.05) is 109 Å². The molecule has 5 heterocycles. The monoisotopic (exact) mass is 1900 g/mol. The van der Waals surface area contributed by atoms with Gasteiger partial charge in [0.1, 0.15) is 43.4 Å². The summed E-state index contributed by atoms with van der Waals surface area (Å²) < 4.78 is 28.2. The first kappa shape index (κ1) is 96.3. The molecule has 17 rings (SSSR count). The van der Waals surface area contributed by atoms with E-state index in [9.17, 15) is 33.9 Å². The molecule has 2 aliphatic heterocycles. The molecule has 0 unspecified atom stereocenters. The van der Waals surface area contributed by atoms with Crippen molar-refractivity contribution in [2.75, 3.05) is 84.3 Å². The number of methoxy groups -OCH3 is 3. The van der Waals surface area contributed by atoms with Crippen LogP contribution in [0.4, 0.5) is 11.4 Å². The van der Waals surface area contributed by atoms with Crippen LogP contribution in [-0.4, -0.2) is 138 Å². The van der Waals surface area contributed by atoms with E-state index < -0.39 is 5.97 Å². The number of nitrogens with one attached hydrogen (secondary N) is 4. The largest absolute Gasteiger partial charge is 0.497 e. The molecule has 0 bridgehead atoms. The molecular formula is C109H110Cl3N11O10S2+2. The van der Waals surface area contributed by atoms with Crippen LogP contribution in [0.25, 0.3) is 95.8 Å². The van der Waals surface area contributed by atoms with Gasteiger partial charge in [0, 0.05) is 148 Å². The summed E-state index contributed by atoms with van der Waals surface area (Å²) in [5, 5.41) is 34.1. The molecule has 0 spiro atoms. The number of anilines is 2. The Labute approximate surface area is 807 Å². The summed E-state index contributed by atoms with van der Waals surface area (Å²) in [6.07, 6.45) is 8.13. The van der Waals surface area contributed by atoms with Crippen molar-refractivity contribution in [3.63, 3.8) is 0 Å². The highest BCUT2D eigenvalue weighted by atomic mass is 35.5. The maximum absolute atomic E-state index is 13.6. The number of rotatable bonds is 32. The molecule has 0 saturated heterocycles. The van der Waals surface area contributed by atoms with Crippen molar-refractivity contribution in [2.45, 2.75) is 119 Å². The van der Waals surface area contributed by atoms with Crippen molar-refractivity contribution in [1.29, 1.82) is 0 Å². The highest BCUT2D eigenvalue weighted by molar-refractivity contribution is 7.22. The molecule has 21 nitrogen and oxygen atoms in total. The van der Waals surface area contributed by atoms with Crippen molar-refractivity contribution < 1.29 is 48.1 Å². The number of nitrogens with zero attached hydrogens (tertiary/aromatic N) is 7. The van der Waals surface area contributed by atoms with Gasteiger partial charge in [-0.05, 0) is 242 Å². The van der Waals surface area contributed by atoms with E-state index in [4.69, 9.17) is 59.0 Å². The summed E-state index contributed by atoms with van der Waals surface area (Å²) in [6, 6.07) is 71.5. The second-order valence-corrected chi connectivity index (χ2v) is 36.8. The van der Waals surface area contributed by atoms with Crippen LogP contribution < -0.4 is 55.3 Å². The van der Waals surface area contributed by atoms with Gasteiger partial charge in [-0.25, -0.2) is 19.1 Å². The number of carboxylic acid groups (broad SMARTS) is 1. The second kappa shape index (κ2) is 44.3. The van der Waals surface area contributed by atoms with Gasteiger partial charge in [-0.3, -0.25) is 42.5 Å². The van der Waals surface area contributed by atoms with E-state index in [2.05, 4.69) is 155 Å². The minimum Gasteiger partial charge on any atom is -0.497 e. The Morgan fingerprint density at radius 2 is 0.689 bits per heavy atom. The van der Waals surface area contributed by atoms with E-state index in [1.54, 1.807) is 151 Å². The van der Waals surface area contributed by atoms with Gasteiger partial charge in [0.25, 0.3) is 17.7 Å². The number of unbranched alkanes of at least 4 members (excludes halogenated alkanes) is 6. The van der Waals surface area contributed by atoms with Crippen molar-refractivity contribution in [2.24, 2.45) is 0 Å². The number of hydrogen-bond acceptors (Lipinski definition) is 15. The summed E-state index contributed by atoms with van der Waals surface area (Å²) in [4.78, 5) is 90.6. The first-order valence-electron chi connectivity index (χ1n) is 45.9. The molecule has 10 aromatic carbocycles. The number of carbonyl (C=O) groups excluding carboxylic acids is 5. The Balaban J connectivity index is 0.000000165. The topological polar surface area (TPSA) is 245 Å². The van der Waals surface area contributed by atoms with E-state index in [0.717, 1.165) is 180 Å². The van der Waals surface area contributed by atoms with Gasteiger partial charge in [0.15, 0.2) is 0 Å². The molecule has 13 aromatic rings. The van der Waals surface area contributed by atoms with Crippen LogP contribution in [0.2, 0.25) is 15.1 Å². The van der Waals surface area contributed by atoms with E-state index in [1.165, 1.54) is 45.2 Å². The minimum absolute atomic E-state index is 0.0682. The lowest BCUT2D eigenvalue weighted by atomic mass is 10.1. The van der Waals surface area contributed by atoms with E-state index >= 15 is 0 Å². The number of benzene rings is 12. The normalized spacial score (nSPS) is 11.3. The number of amides is 2. The lowest BCUT2D eigenvalue weighted by Crippen LogP contribution is -2.29. The number of fused-ring (bicyclic) bond motifs is 11. The molecule has 0 fully saturated rings. The summed E-state index contributed by atoms with van der Waals surface area (Å²) >= 11 is 21.6. The highest BCUT2D eigenvalue weighted by Gasteiger charge is 2.28. The van der Waals surface area contributed by atoms with Crippen LogP contribution in [0.15, 0.2) is 224 Å². The van der Waals surface area contributed by atoms with Gasteiger partial charge >= 0.3 is 5.97 Å². The van der Waals surface area contributed by atoms with Gasteiger partial charge in [0.2, 0.25) is 22.5 Å². The zero-order valence-electron chi connectivity index (χ0n) is 77.5. The predicted octanol–water partition coefficient (Wildman–Crippen LogP) is 22.5. The molecule has 2 amide bonds. The number of halogens is 3. The molecule has 2 aliphatic carbocycles. The average Bonchev–Trinajstić information content (AvgIpc) is 1.72. The molecule has 26 heteroatoms. The van der Waals surface area contributed by atoms with Gasteiger partial charge in [-0.15, -0.1) is 22.7 Å². The Morgan fingerprint density at radius 3 is 1.01 bits per heavy atom. The molecule has 692 valence electrons. The first-order valence-corrected chi connectivity index (χ1v) is 48.6. The van der Waals surface area contributed by atoms with Gasteiger partial charge < -0.3 is 40.6 Å². The summed E-state index contributed by atoms with van der Waals surface area (Å²) in [6.45, 7) is 21.1. The van der Waals surface area contributed by atoms with Crippen molar-refractivity contribution >= 4 is 179 Å². The number of ether oxygens (including phenoxy) is 3. The Bertz CT molecular complexity index is 7040. The molecule has 4 aliphatic rings. The van der Waals surface area contributed by atoms with Crippen molar-refractivity contribution in [3.05, 3.63) is 301 Å². The first-order chi connectivity index (χ1) is 65.5. The minimum atomic E-state index is -0.955. The summed E-state index contributed by atoms with van der Waals surface area (Å²) in [5.74, 6) is 0.279. The molecule has 5 N–H and O–H groups in total. The van der Waals surface area contributed by atoms with Crippen LogP contribution >= 0.6 is 57.5 Å². The van der Waals surface area contributed by atoms with Gasteiger partial charge in [0.05, 0.1) is 98.7 Å². The maximum atomic E-state index is 13.6. The molecule has 0 saturated carbocycles. The second-order valence-electron chi connectivity index (χ2n) is 33.3. The van der Waals surface area contributed by atoms with E-state index in [-0.39, 0.29) is 48.8 Å². The third-order valence-electron chi connectivity index (χ3n) is 25.0. The van der Waals surface area contributed by atoms with Crippen LogP contribution in [0.3, 0.4) is 0 Å². The quantitative estimate of drug-likeness (QED) is 0.0114. The van der Waals surface area contributed by atoms with Crippen LogP contribution in [0.1, 0.15) is 144 Å². The number of carboxylic acids is 1. The molecule has 3 aromatic heterocycles. The lowest BCUT2D eigenvalue weighted by molar-refractivity contribution is -0.136. The lowest BCUT2D eigenvalue weighted by Gasteiger charge is -2.14. The number of aromatic nitrogens is 5. The zero-order valence-corrected chi connectivity index (χ0v) is 81.4. The fourth-order valence-electron chi connectivity index (χ4n) is 17.8. The highest BCUT2D eigenvalue weighted by Crippen LogP contribution is 2.41. The fraction of sp³-hybridized carbons (Fsp3) is 0.266. The Morgan fingerprint density at radius 1 is 0.370 bits per heavy atom. The van der Waals surface area contributed by atoms with E-state index in [0.29, 0.717) is 84.3 Å². The van der Waals surface area contributed by atoms with Crippen molar-refractivity contribution in [1.82, 2.24) is 43.5 Å². The summed E-state index contributed by atoms with van der Waals surface area (Å²) in [7, 11) is 4.76. The third-order valence-corrected chi connectivity index (χ3v) is 27.9. The smallest absolute Gasteiger partial charge is 0.307 e. The average molecular weight is 1900 g/mol. The van der Waals surface area contributed by atoms with Crippen LogP contribution in [0.5, 0.6) is 17.2 Å². The molecule has 135 heavy (non-hydrogen) atoms. The SMILES string of the molecule is CC[N+](CC)=c1ccc2nc3c(cc(NCCCCCCNC(=O)Cc4c(C)n(C(=O)c5ccc(Cl)cc5)c5ccc(OC)cc45)c4ccccc43)sc-2c1.CC[N+](CC)=c1ccc2nc3c(cc(NCCCCCCNC(=O)Cc4c(C)n(C(=O)c5ccc(Cl)cc5)c5ccc(OC)cc45)c4ccccc43)sc-2c1.COc1ccc2c(c1)c(CC(=O)O)c(C)n2C(=O)c1ccc(Cl)cc1. The van der Waals surface area contributed by atoms with Gasteiger partial charge in [-0.2, -0.15) is 0 Å². The molecule has 0 radical (unpaired) electrons. The van der Waals surface area contributed by atoms with E-state index in [1.807, 2.05) is 50.2 Å².